The van der Waals surface area contributed by atoms with Crippen molar-refractivity contribution in [2.45, 2.75) is 59.3 Å². The van der Waals surface area contributed by atoms with Gasteiger partial charge >= 0.3 is 0 Å². The van der Waals surface area contributed by atoms with Gasteiger partial charge in [-0.15, -0.1) is 0 Å². The molecule has 2 aliphatic rings. The molecule has 5 aromatic carbocycles. The molecule has 228 valence electrons. The van der Waals surface area contributed by atoms with Crippen LogP contribution in [-0.2, 0) is 11.8 Å². The van der Waals surface area contributed by atoms with Crippen LogP contribution in [0, 0.1) is 11.8 Å². The summed E-state index contributed by atoms with van der Waals surface area (Å²) in [6.07, 6.45) is 5.51. The summed E-state index contributed by atoms with van der Waals surface area (Å²) in [7, 11) is 0. The molecule has 0 amide bonds. The number of nitrogens with zero attached hydrogens (tertiary/aromatic N) is 2. The van der Waals surface area contributed by atoms with E-state index in [-0.39, 0.29) is 5.41 Å². The average Bonchev–Trinajstić information content (AvgIpc) is 3.51. The lowest BCUT2D eigenvalue weighted by atomic mass is 9.73. The minimum Gasteiger partial charge on any atom is -0.438 e. The Balaban J connectivity index is 1.45. The zero-order chi connectivity index (χ0) is 31.1. The van der Waals surface area contributed by atoms with Crippen LogP contribution in [0.25, 0.3) is 21.5 Å². The smallest absolute Gasteiger partial charge is 0.210 e. The molecule has 0 N–H and O–H groups in total. The van der Waals surface area contributed by atoms with Gasteiger partial charge in [-0.3, -0.25) is 0 Å². The molecule has 0 fully saturated rings. The molecule has 0 saturated carbocycles. The lowest BCUT2D eigenvalue weighted by Gasteiger charge is -2.25. The second-order valence-electron chi connectivity index (χ2n) is 13.9. The first kappa shape index (κ1) is 29.3. The maximum absolute atomic E-state index is 6.97. The Bertz CT molecular complexity index is 1930. The molecule has 1 unspecified atom stereocenters. The van der Waals surface area contributed by atoms with Gasteiger partial charge in [0.15, 0.2) is 11.5 Å². The van der Waals surface area contributed by atoms with Crippen LogP contribution in [0.1, 0.15) is 58.6 Å². The monoisotopic (exact) mass is 593 g/mol. The second-order valence-corrected chi connectivity index (χ2v) is 13.9. The quantitative estimate of drug-likeness (QED) is 0.158. The minimum absolute atomic E-state index is 0.258. The van der Waals surface area contributed by atoms with Crippen molar-refractivity contribution in [3.05, 3.63) is 126 Å². The van der Waals surface area contributed by atoms with Gasteiger partial charge in [-0.05, 0) is 65.5 Å². The van der Waals surface area contributed by atoms with E-state index in [9.17, 15) is 0 Å². The van der Waals surface area contributed by atoms with Gasteiger partial charge in [0, 0.05) is 30.0 Å². The van der Waals surface area contributed by atoms with Gasteiger partial charge in [0.2, 0.25) is 11.6 Å². The first-order valence-electron chi connectivity index (χ1n) is 16.7. The van der Waals surface area contributed by atoms with Crippen molar-refractivity contribution in [2.75, 3.05) is 18.0 Å². The third-order valence-electron chi connectivity index (χ3n) is 9.75. The topological polar surface area (TPSA) is 15.5 Å². The normalized spacial score (nSPS) is 18.5. The SMILES string of the molecule is CC(C)CCN1/C(=C/C2=[N+](CCC(C)C)c3ccc4ccccc4c3C2(C)Cc2ccccc2)Oc2c1ccc1ccccc21. The lowest BCUT2D eigenvalue weighted by Crippen LogP contribution is -2.35. The fraction of sp³-hybridized carbons (Fsp3) is 0.310. The molecule has 5 aromatic rings. The molecular formula is C42H45N2O+. The van der Waals surface area contributed by atoms with Crippen molar-refractivity contribution in [1.82, 2.24) is 0 Å². The zero-order valence-corrected chi connectivity index (χ0v) is 27.4. The summed E-state index contributed by atoms with van der Waals surface area (Å²) >= 11 is 0. The van der Waals surface area contributed by atoms with Crippen molar-refractivity contribution in [2.24, 2.45) is 11.8 Å². The van der Waals surface area contributed by atoms with Gasteiger partial charge in [0.05, 0.1) is 17.2 Å². The summed E-state index contributed by atoms with van der Waals surface area (Å²) in [4.78, 5) is 2.43. The van der Waals surface area contributed by atoms with Crippen LogP contribution in [0.15, 0.2) is 115 Å². The van der Waals surface area contributed by atoms with Gasteiger partial charge < -0.3 is 9.64 Å². The highest BCUT2D eigenvalue weighted by Gasteiger charge is 2.50. The van der Waals surface area contributed by atoms with Crippen molar-refractivity contribution >= 4 is 38.6 Å². The Morgan fingerprint density at radius 3 is 2.11 bits per heavy atom. The summed E-state index contributed by atoms with van der Waals surface area (Å²) in [6.45, 7) is 13.6. The van der Waals surface area contributed by atoms with E-state index in [2.05, 4.69) is 153 Å². The first-order valence-corrected chi connectivity index (χ1v) is 16.7. The number of allylic oxidation sites excluding steroid dienone is 1. The summed E-state index contributed by atoms with van der Waals surface area (Å²) in [5, 5.41) is 5.01. The summed E-state index contributed by atoms with van der Waals surface area (Å²) in [5.74, 6) is 3.10. The van der Waals surface area contributed by atoms with Crippen molar-refractivity contribution < 1.29 is 9.31 Å². The Hall–Kier alpha value is -4.37. The van der Waals surface area contributed by atoms with Gasteiger partial charge in [0.25, 0.3) is 0 Å². The van der Waals surface area contributed by atoms with Crippen LogP contribution in [0.3, 0.4) is 0 Å². The molecule has 0 saturated heterocycles. The van der Waals surface area contributed by atoms with E-state index in [0.717, 1.165) is 44.0 Å². The molecule has 3 nitrogen and oxygen atoms in total. The predicted molar refractivity (Wildman–Crippen MR) is 190 cm³/mol. The summed E-state index contributed by atoms with van der Waals surface area (Å²) in [5.41, 5.74) is 6.33. The summed E-state index contributed by atoms with van der Waals surface area (Å²) < 4.78 is 9.58. The maximum Gasteiger partial charge on any atom is 0.210 e. The van der Waals surface area contributed by atoms with Crippen LogP contribution in [-0.4, -0.2) is 23.4 Å². The third kappa shape index (κ3) is 5.33. The standard InChI is InChI=1S/C42H45N2O/c1-29(2)23-25-43-36-21-19-32-15-9-11-17-34(32)40(36)42(5,28-31-13-7-6-8-14-31)38(43)27-39-44(26-24-30(3)4)37-22-20-33-16-10-12-18-35(33)41(37)45-39/h6-22,27,29-30H,23-26,28H2,1-5H3/q+1. The Morgan fingerprint density at radius 1 is 0.733 bits per heavy atom. The number of benzene rings is 5. The van der Waals surface area contributed by atoms with E-state index < -0.39 is 0 Å². The first-order chi connectivity index (χ1) is 21.8. The van der Waals surface area contributed by atoms with Gasteiger partial charge in [-0.2, -0.15) is 4.58 Å². The zero-order valence-electron chi connectivity index (χ0n) is 27.4. The summed E-state index contributed by atoms with van der Waals surface area (Å²) in [6, 6.07) is 37.7. The van der Waals surface area contributed by atoms with Crippen molar-refractivity contribution in [1.29, 1.82) is 0 Å². The molecule has 7 rings (SSSR count). The number of hydrogen-bond donors (Lipinski definition) is 0. The Labute approximate surface area is 268 Å². The van der Waals surface area contributed by atoms with Crippen LogP contribution < -0.4 is 9.64 Å². The fourth-order valence-corrected chi connectivity index (χ4v) is 7.34. The molecule has 45 heavy (non-hydrogen) atoms. The highest BCUT2D eigenvalue weighted by atomic mass is 16.5. The predicted octanol–water partition coefficient (Wildman–Crippen LogP) is 10.4. The molecule has 0 radical (unpaired) electrons. The molecule has 2 aliphatic heterocycles. The molecule has 2 heterocycles. The highest BCUT2D eigenvalue weighted by Crippen LogP contribution is 2.49. The van der Waals surface area contributed by atoms with E-state index in [4.69, 9.17) is 4.74 Å². The molecule has 0 bridgehead atoms. The number of fused-ring (bicyclic) bond motifs is 6. The van der Waals surface area contributed by atoms with Gasteiger partial charge in [-0.1, -0.05) is 113 Å². The van der Waals surface area contributed by atoms with E-state index in [0.29, 0.717) is 11.8 Å². The number of anilines is 1. The van der Waals surface area contributed by atoms with E-state index >= 15 is 0 Å². The lowest BCUT2D eigenvalue weighted by molar-refractivity contribution is -0.439. The van der Waals surface area contributed by atoms with Crippen LogP contribution >= 0.6 is 0 Å². The third-order valence-corrected chi connectivity index (χ3v) is 9.75. The highest BCUT2D eigenvalue weighted by molar-refractivity contribution is 6.09. The van der Waals surface area contributed by atoms with E-state index in [1.54, 1.807) is 0 Å². The molecule has 3 heteroatoms. The van der Waals surface area contributed by atoms with E-state index in [1.165, 1.54) is 49.8 Å². The minimum atomic E-state index is -0.258. The fourth-order valence-electron chi connectivity index (χ4n) is 7.34. The Kier molecular flexibility index (Phi) is 7.73. The molecule has 0 aliphatic carbocycles. The van der Waals surface area contributed by atoms with Crippen LogP contribution in [0.2, 0.25) is 0 Å². The van der Waals surface area contributed by atoms with Gasteiger partial charge in [-0.25, -0.2) is 0 Å². The van der Waals surface area contributed by atoms with Gasteiger partial charge in [0.1, 0.15) is 6.54 Å². The number of hydrogen-bond acceptors (Lipinski definition) is 2. The molecule has 1 atom stereocenters. The maximum atomic E-state index is 6.97. The average molecular weight is 594 g/mol. The van der Waals surface area contributed by atoms with Crippen LogP contribution in [0.5, 0.6) is 5.75 Å². The van der Waals surface area contributed by atoms with Crippen molar-refractivity contribution in [3.8, 4) is 5.75 Å². The largest absolute Gasteiger partial charge is 0.438 e. The Morgan fingerprint density at radius 2 is 1.38 bits per heavy atom. The number of rotatable bonds is 9. The number of ether oxygens (including phenoxy) is 1. The van der Waals surface area contributed by atoms with Crippen molar-refractivity contribution in [3.63, 3.8) is 0 Å². The second kappa shape index (κ2) is 11.9. The molecule has 0 aromatic heterocycles. The van der Waals surface area contributed by atoms with E-state index in [1.807, 2.05) is 0 Å². The molecule has 0 spiro atoms. The van der Waals surface area contributed by atoms with Crippen LogP contribution in [0.4, 0.5) is 11.4 Å². The molecular weight excluding hydrogens is 548 g/mol.